The third kappa shape index (κ3) is 4.91. The van der Waals surface area contributed by atoms with Crippen molar-refractivity contribution < 1.29 is 9.90 Å². The fourth-order valence-electron chi connectivity index (χ4n) is 1.47. The van der Waals surface area contributed by atoms with E-state index in [1.54, 1.807) is 17.0 Å². The molecule has 0 saturated heterocycles. The number of hydrogen-bond acceptors (Lipinski definition) is 3. The van der Waals surface area contributed by atoms with Gasteiger partial charge in [-0.1, -0.05) is 29.3 Å². The molecule has 17 heavy (non-hydrogen) atoms. The van der Waals surface area contributed by atoms with Crippen molar-refractivity contribution in [2.75, 3.05) is 19.7 Å². The Kier molecular flexibility index (Phi) is 5.71. The van der Waals surface area contributed by atoms with Gasteiger partial charge in [0, 0.05) is 13.1 Å². The number of aliphatic hydroxyl groups is 1. The van der Waals surface area contributed by atoms with Crippen molar-refractivity contribution in [3.63, 3.8) is 0 Å². The monoisotopic (exact) mass is 276 g/mol. The van der Waals surface area contributed by atoms with Gasteiger partial charge in [-0.25, -0.2) is 0 Å². The first-order valence-corrected chi connectivity index (χ1v) is 5.84. The number of hydrogen-bond donors (Lipinski definition) is 2. The Morgan fingerprint density at radius 1 is 1.35 bits per heavy atom. The van der Waals surface area contributed by atoms with Gasteiger partial charge in [0.05, 0.1) is 23.2 Å². The molecule has 1 aromatic rings. The SMILES string of the molecule is NC(=O)CN(CCO)Cc1ccc(Cl)c(Cl)c1. The first kappa shape index (κ1) is 14.3. The number of benzene rings is 1. The maximum Gasteiger partial charge on any atom is 0.231 e. The van der Waals surface area contributed by atoms with Crippen molar-refractivity contribution >= 4 is 29.1 Å². The smallest absolute Gasteiger partial charge is 0.231 e. The maximum atomic E-state index is 10.8. The summed E-state index contributed by atoms with van der Waals surface area (Å²) in [7, 11) is 0. The van der Waals surface area contributed by atoms with Crippen LogP contribution in [0.2, 0.25) is 10.0 Å². The van der Waals surface area contributed by atoms with E-state index in [1.165, 1.54) is 0 Å². The molecule has 0 unspecified atom stereocenters. The number of nitrogens with two attached hydrogens (primary N) is 1. The second kappa shape index (κ2) is 6.81. The van der Waals surface area contributed by atoms with Crippen molar-refractivity contribution in [1.29, 1.82) is 0 Å². The normalized spacial score (nSPS) is 10.8. The van der Waals surface area contributed by atoms with Crippen LogP contribution in [0.5, 0.6) is 0 Å². The zero-order valence-corrected chi connectivity index (χ0v) is 10.7. The quantitative estimate of drug-likeness (QED) is 0.823. The average molecular weight is 277 g/mol. The summed E-state index contributed by atoms with van der Waals surface area (Å²) in [6, 6.07) is 5.25. The standard InChI is InChI=1S/C11H14Cl2N2O2/c12-9-2-1-8(5-10(9)13)6-15(3-4-16)7-11(14)17/h1-2,5,16H,3-4,6-7H2,(H2,14,17). The van der Waals surface area contributed by atoms with E-state index in [0.717, 1.165) is 5.56 Å². The Hall–Kier alpha value is -0.810. The van der Waals surface area contributed by atoms with Crippen LogP contribution in [0, 0.1) is 0 Å². The van der Waals surface area contributed by atoms with E-state index < -0.39 is 5.91 Å². The van der Waals surface area contributed by atoms with Crippen molar-refractivity contribution in [2.24, 2.45) is 5.73 Å². The van der Waals surface area contributed by atoms with Gasteiger partial charge in [-0.15, -0.1) is 0 Å². The van der Waals surface area contributed by atoms with E-state index in [4.69, 9.17) is 34.0 Å². The summed E-state index contributed by atoms with van der Waals surface area (Å²) >= 11 is 11.7. The fourth-order valence-corrected chi connectivity index (χ4v) is 1.79. The Balaban J connectivity index is 2.71. The molecule has 0 bridgehead atoms. The van der Waals surface area contributed by atoms with Crippen LogP contribution >= 0.6 is 23.2 Å². The molecule has 0 radical (unpaired) electrons. The molecule has 0 aliphatic rings. The van der Waals surface area contributed by atoms with Crippen LogP contribution in [0.15, 0.2) is 18.2 Å². The van der Waals surface area contributed by atoms with Gasteiger partial charge in [0.15, 0.2) is 0 Å². The Bertz CT molecular complexity index is 399. The molecule has 3 N–H and O–H groups in total. The molecule has 1 aromatic carbocycles. The molecule has 0 saturated carbocycles. The van der Waals surface area contributed by atoms with Crippen LogP contribution in [0.3, 0.4) is 0 Å². The van der Waals surface area contributed by atoms with Gasteiger partial charge >= 0.3 is 0 Å². The minimum atomic E-state index is -0.432. The zero-order valence-electron chi connectivity index (χ0n) is 9.20. The van der Waals surface area contributed by atoms with E-state index in [-0.39, 0.29) is 13.2 Å². The summed E-state index contributed by atoms with van der Waals surface area (Å²) in [5, 5.41) is 9.84. The number of aliphatic hydroxyl groups excluding tert-OH is 1. The number of nitrogens with zero attached hydrogens (tertiary/aromatic N) is 1. The lowest BCUT2D eigenvalue weighted by Crippen LogP contribution is -2.35. The topological polar surface area (TPSA) is 66.6 Å². The number of primary amides is 1. The minimum absolute atomic E-state index is 0.0331. The Morgan fingerprint density at radius 2 is 2.06 bits per heavy atom. The lowest BCUT2D eigenvalue weighted by Gasteiger charge is -2.19. The average Bonchev–Trinajstić information content (AvgIpc) is 2.23. The highest BCUT2D eigenvalue weighted by atomic mass is 35.5. The summed E-state index contributed by atoms with van der Waals surface area (Å²) in [6.07, 6.45) is 0. The maximum absolute atomic E-state index is 10.8. The highest BCUT2D eigenvalue weighted by Gasteiger charge is 2.09. The molecule has 1 amide bonds. The summed E-state index contributed by atoms with van der Waals surface area (Å²) in [5.41, 5.74) is 6.03. The predicted octanol–water partition coefficient (Wildman–Crippen LogP) is 1.27. The molecule has 0 fully saturated rings. The molecule has 0 aliphatic heterocycles. The van der Waals surface area contributed by atoms with Crippen molar-refractivity contribution in [3.8, 4) is 0 Å². The van der Waals surface area contributed by atoms with Crippen LogP contribution < -0.4 is 5.73 Å². The summed E-state index contributed by atoms with van der Waals surface area (Å²) < 4.78 is 0. The summed E-state index contributed by atoms with van der Waals surface area (Å²) in [5.74, 6) is -0.432. The van der Waals surface area contributed by atoms with E-state index in [1.807, 2.05) is 6.07 Å². The van der Waals surface area contributed by atoms with Gasteiger partial charge in [0.2, 0.25) is 5.91 Å². The number of amides is 1. The number of halogens is 2. The molecule has 0 heterocycles. The molecule has 0 aliphatic carbocycles. The van der Waals surface area contributed by atoms with Gasteiger partial charge in [0.25, 0.3) is 0 Å². The largest absolute Gasteiger partial charge is 0.395 e. The van der Waals surface area contributed by atoms with Crippen LogP contribution in [-0.2, 0) is 11.3 Å². The predicted molar refractivity (Wildman–Crippen MR) is 68.0 cm³/mol. The molecule has 1 rings (SSSR count). The van der Waals surface area contributed by atoms with Crippen LogP contribution in [0.1, 0.15) is 5.56 Å². The summed E-state index contributed by atoms with van der Waals surface area (Å²) in [4.78, 5) is 12.6. The van der Waals surface area contributed by atoms with E-state index >= 15 is 0 Å². The van der Waals surface area contributed by atoms with Crippen molar-refractivity contribution in [3.05, 3.63) is 33.8 Å². The van der Waals surface area contributed by atoms with Gasteiger partial charge < -0.3 is 10.8 Å². The molecular formula is C11H14Cl2N2O2. The molecule has 0 atom stereocenters. The lowest BCUT2D eigenvalue weighted by molar-refractivity contribution is -0.119. The minimum Gasteiger partial charge on any atom is -0.395 e. The van der Waals surface area contributed by atoms with Gasteiger partial charge in [-0.2, -0.15) is 0 Å². The van der Waals surface area contributed by atoms with Gasteiger partial charge in [-0.05, 0) is 17.7 Å². The summed E-state index contributed by atoms with van der Waals surface area (Å²) in [6.45, 7) is 0.930. The third-order valence-electron chi connectivity index (χ3n) is 2.19. The Morgan fingerprint density at radius 3 is 2.59 bits per heavy atom. The van der Waals surface area contributed by atoms with Crippen molar-refractivity contribution in [2.45, 2.75) is 6.54 Å². The first-order chi connectivity index (χ1) is 8.02. The number of carbonyl (C=O) groups is 1. The van der Waals surface area contributed by atoms with Gasteiger partial charge in [0.1, 0.15) is 0 Å². The van der Waals surface area contributed by atoms with E-state index in [9.17, 15) is 4.79 Å². The van der Waals surface area contributed by atoms with Crippen LogP contribution in [-0.4, -0.2) is 35.6 Å². The highest BCUT2D eigenvalue weighted by molar-refractivity contribution is 6.42. The van der Waals surface area contributed by atoms with Crippen molar-refractivity contribution in [1.82, 2.24) is 4.90 Å². The molecule has 94 valence electrons. The second-order valence-electron chi connectivity index (χ2n) is 3.65. The molecule has 4 nitrogen and oxygen atoms in total. The number of carbonyl (C=O) groups excluding carboxylic acids is 1. The van der Waals surface area contributed by atoms with Crippen LogP contribution in [0.25, 0.3) is 0 Å². The molecule has 0 spiro atoms. The number of rotatable bonds is 6. The van der Waals surface area contributed by atoms with Crippen LogP contribution in [0.4, 0.5) is 0 Å². The first-order valence-electron chi connectivity index (χ1n) is 5.08. The fraction of sp³-hybridized carbons (Fsp3) is 0.364. The van der Waals surface area contributed by atoms with E-state index in [0.29, 0.717) is 23.1 Å². The second-order valence-corrected chi connectivity index (χ2v) is 4.46. The van der Waals surface area contributed by atoms with Gasteiger partial charge in [-0.3, -0.25) is 9.69 Å². The van der Waals surface area contributed by atoms with E-state index in [2.05, 4.69) is 0 Å². The Labute approximate surface area is 110 Å². The lowest BCUT2D eigenvalue weighted by atomic mass is 10.2. The molecule has 0 aromatic heterocycles. The third-order valence-corrected chi connectivity index (χ3v) is 2.92. The molecule has 6 heteroatoms. The zero-order chi connectivity index (χ0) is 12.8. The highest BCUT2D eigenvalue weighted by Crippen LogP contribution is 2.23. The molecular weight excluding hydrogens is 263 g/mol.